The molecule has 0 aliphatic carbocycles. The van der Waals surface area contributed by atoms with Crippen molar-refractivity contribution < 1.29 is 14.5 Å². The van der Waals surface area contributed by atoms with Crippen LogP contribution in [0.1, 0.15) is 36.5 Å². The SMILES string of the molecule is Cc1cccc(C)c1NC(=O)CNC(=O)[C@H](C)[NH+]1CCC(Cc2ccccc2)CC1. The second-order valence-electron chi connectivity index (χ2n) is 8.55. The minimum absolute atomic E-state index is 0.000853. The van der Waals surface area contributed by atoms with E-state index in [4.69, 9.17) is 0 Å². The summed E-state index contributed by atoms with van der Waals surface area (Å²) < 4.78 is 0. The zero-order chi connectivity index (χ0) is 21.5. The molecule has 1 saturated heterocycles. The highest BCUT2D eigenvalue weighted by atomic mass is 16.2. The number of aryl methyl sites for hydroxylation is 2. The molecule has 30 heavy (non-hydrogen) atoms. The molecule has 1 aliphatic rings. The van der Waals surface area contributed by atoms with E-state index in [1.165, 1.54) is 10.5 Å². The first-order valence-electron chi connectivity index (χ1n) is 11.0. The lowest BCUT2D eigenvalue weighted by molar-refractivity contribution is -0.920. The highest BCUT2D eigenvalue weighted by Crippen LogP contribution is 2.19. The van der Waals surface area contributed by atoms with Crippen LogP contribution in [0.25, 0.3) is 0 Å². The molecule has 3 N–H and O–H groups in total. The molecule has 2 amide bonds. The molecule has 0 unspecified atom stereocenters. The summed E-state index contributed by atoms with van der Waals surface area (Å²) in [7, 11) is 0. The van der Waals surface area contributed by atoms with Gasteiger partial charge < -0.3 is 15.5 Å². The van der Waals surface area contributed by atoms with Gasteiger partial charge in [0.1, 0.15) is 0 Å². The summed E-state index contributed by atoms with van der Waals surface area (Å²) in [6, 6.07) is 16.4. The van der Waals surface area contributed by atoms with Gasteiger partial charge in [0, 0.05) is 5.69 Å². The van der Waals surface area contributed by atoms with E-state index in [-0.39, 0.29) is 24.4 Å². The molecule has 0 spiro atoms. The number of benzene rings is 2. The average molecular weight is 409 g/mol. The number of carbonyl (C=O) groups excluding carboxylic acids is 2. The number of anilines is 1. The van der Waals surface area contributed by atoms with Gasteiger partial charge in [-0.1, -0.05) is 48.5 Å². The topological polar surface area (TPSA) is 62.6 Å². The zero-order valence-corrected chi connectivity index (χ0v) is 18.3. The Hall–Kier alpha value is -2.66. The molecule has 1 aliphatic heterocycles. The van der Waals surface area contributed by atoms with Gasteiger partial charge >= 0.3 is 0 Å². The standard InChI is InChI=1S/C25H33N3O2/c1-18-8-7-9-19(2)24(18)27-23(29)17-26-25(30)20(3)28-14-12-22(13-15-28)16-21-10-5-4-6-11-21/h4-11,20,22H,12-17H2,1-3H3,(H,26,30)(H,27,29)/p+1/t20-/m0/s1. The summed E-state index contributed by atoms with van der Waals surface area (Å²) in [6.07, 6.45) is 3.39. The molecule has 1 atom stereocenters. The molecule has 1 heterocycles. The third-order valence-corrected chi connectivity index (χ3v) is 6.29. The Balaban J connectivity index is 1.42. The van der Waals surface area contributed by atoms with Crippen LogP contribution in [0.4, 0.5) is 5.69 Å². The lowest BCUT2D eigenvalue weighted by Crippen LogP contribution is -3.17. The minimum atomic E-state index is -0.190. The third-order valence-electron chi connectivity index (χ3n) is 6.29. The van der Waals surface area contributed by atoms with Gasteiger partial charge in [0.15, 0.2) is 6.04 Å². The smallest absolute Gasteiger partial charge is 0.278 e. The van der Waals surface area contributed by atoms with Crippen molar-refractivity contribution in [3.63, 3.8) is 0 Å². The normalized spacial score (nSPS) is 19.7. The Morgan fingerprint density at radius 2 is 1.63 bits per heavy atom. The predicted molar refractivity (Wildman–Crippen MR) is 121 cm³/mol. The van der Waals surface area contributed by atoms with Crippen LogP contribution in [0.15, 0.2) is 48.5 Å². The van der Waals surface area contributed by atoms with Gasteiger partial charge in [-0.2, -0.15) is 0 Å². The third kappa shape index (κ3) is 5.92. The molecule has 2 aromatic rings. The van der Waals surface area contributed by atoms with Crippen LogP contribution in [0.2, 0.25) is 0 Å². The van der Waals surface area contributed by atoms with E-state index in [1.807, 2.05) is 39.0 Å². The fourth-order valence-corrected chi connectivity index (χ4v) is 4.33. The van der Waals surface area contributed by atoms with E-state index in [0.29, 0.717) is 5.92 Å². The van der Waals surface area contributed by atoms with E-state index >= 15 is 0 Å². The molecule has 1 fully saturated rings. The molecule has 0 saturated carbocycles. The Bertz CT molecular complexity index is 838. The van der Waals surface area contributed by atoms with Crippen LogP contribution >= 0.6 is 0 Å². The van der Waals surface area contributed by atoms with Crippen LogP contribution < -0.4 is 15.5 Å². The first-order valence-corrected chi connectivity index (χ1v) is 11.0. The van der Waals surface area contributed by atoms with Crippen LogP contribution in [0.3, 0.4) is 0 Å². The summed E-state index contributed by atoms with van der Waals surface area (Å²) in [4.78, 5) is 26.2. The largest absolute Gasteiger partial charge is 0.342 e. The van der Waals surface area contributed by atoms with Crippen LogP contribution in [0.5, 0.6) is 0 Å². The van der Waals surface area contributed by atoms with E-state index in [9.17, 15) is 9.59 Å². The Labute approximate surface area is 179 Å². The Kier molecular flexibility index (Phi) is 7.63. The predicted octanol–water partition coefficient (Wildman–Crippen LogP) is 2.28. The molecular weight excluding hydrogens is 374 g/mol. The summed E-state index contributed by atoms with van der Waals surface area (Å²) in [5.74, 6) is 0.447. The van der Waals surface area contributed by atoms with E-state index in [2.05, 4.69) is 41.0 Å². The van der Waals surface area contributed by atoms with E-state index in [0.717, 1.165) is 49.2 Å². The Morgan fingerprint density at radius 3 is 2.27 bits per heavy atom. The number of hydrogen-bond donors (Lipinski definition) is 3. The highest BCUT2D eigenvalue weighted by Gasteiger charge is 2.30. The molecule has 3 rings (SSSR count). The van der Waals surface area contributed by atoms with Crippen molar-refractivity contribution in [2.45, 2.75) is 46.1 Å². The molecule has 5 nitrogen and oxygen atoms in total. The van der Waals surface area contributed by atoms with Crippen LogP contribution in [-0.4, -0.2) is 37.5 Å². The van der Waals surface area contributed by atoms with Gasteiger partial charge in [-0.15, -0.1) is 0 Å². The van der Waals surface area contributed by atoms with Gasteiger partial charge in [0.2, 0.25) is 5.91 Å². The molecule has 0 aromatic heterocycles. The second-order valence-corrected chi connectivity index (χ2v) is 8.55. The van der Waals surface area contributed by atoms with E-state index < -0.39 is 0 Å². The number of carbonyl (C=O) groups is 2. The fourth-order valence-electron chi connectivity index (χ4n) is 4.33. The summed E-state index contributed by atoms with van der Waals surface area (Å²) in [5, 5.41) is 5.74. The van der Waals surface area contributed by atoms with Crippen molar-refractivity contribution in [3.8, 4) is 0 Å². The number of amides is 2. The fraction of sp³-hybridized carbons (Fsp3) is 0.440. The Morgan fingerprint density at radius 1 is 1.00 bits per heavy atom. The zero-order valence-electron chi connectivity index (χ0n) is 18.3. The maximum Gasteiger partial charge on any atom is 0.278 e. The number of hydrogen-bond acceptors (Lipinski definition) is 2. The average Bonchev–Trinajstić information content (AvgIpc) is 2.75. The number of rotatable bonds is 7. The summed E-state index contributed by atoms with van der Waals surface area (Å²) in [5.41, 5.74) is 4.26. The molecule has 160 valence electrons. The van der Waals surface area contributed by atoms with Crippen molar-refractivity contribution >= 4 is 17.5 Å². The molecule has 0 radical (unpaired) electrons. The van der Waals surface area contributed by atoms with Crippen molar-refractivity contribution in [1.29, 1.82) is 0 Å². The maximum absolute atomic E-state index is 12.6. The quantitative estimate of drug-likeness (QED) is 0.658. The number of para-hydroxylation sites is 1. The van der Waals surface area contributed by atoms with Crippen LogP contribution in [0, 0.1) is 19.8 Å². The number of quaternary nitrogens is 1. The lowest BCUT2D eigenvalue weighted by atomic mass is 9.89. The van der Waals surface area contributed by atoms with Gasteiger partial charge in [0.05, 0.1) is 19.6 Å². The van der Waals surface area contributed by atoms with Gasteiger partial charge in [-0.05, 0) is 62.6 Å². The number of nitrogens with one attached hydrogen (secondary N) is 3. The van der Waals surface area contributed by atoms with Gasteiger partial charge in [-0.3, -0.25) is 9.59 Å². The van der Waals surface area contributed by atoms with Crippen molar-refractivity contribution in [1.82, 2.24) is 5.32 Å². The summed E-state index contributed by atoms with van der Waals surface area (Å²) >= 11 is 0. The minimum Gasteiger partial charge on any atom is -0.342 e. The molecule has 2 aromatic carbocycles. The van der Waals surface area contributed by atoms with Crippen molar-refractivity contribution in [2.24, 2.45) is 5.92 Å². The second kappa shape index (κ2) is 10.4. The van der Waals surface area contributed by atoms with Gasteiger partial charge in [0.25, 0.3) is 5.91 Å². The molecule has 5 heteroatoms. The highest BCUT2D eigenvalue weighted by molar-refractivity contribution is 5.96. The van der Waals surface area contributed by atoms with Gasteiger partial charge in [-0.25, -0.2) is 0 Å². The first kappa shape index (κ1) is 22.0. The van der Waals surface area contributed by atoms with Crippen molar-refractivity contribution in [3.05, 3.63) is 65.2 Å². The summed E-state index contributed by atoms with van der Waals surface area (Å²) in [6.45, 7) is 7.90. The first-order chi connectivity index (χ1) is 14.4. The lowest BCUT2D eigenvalue weighted by Gasteiger charge is -2.32. The van der Waals surface area contributed by atoms with E-state index in [1.54, 1.807) is 0 Å². The maximum atomic E-state index is 12.6. The number of piperidine rings is 1. The molecule has 0 bridgehead atoms. The van der Waals surface area contributed by atoms with Crippen LogP contribution in [-0.2, 0) is 16.0 Å². The number of likely N-dealkylation sites (tertiary alicyclic amines) is 1. The monoisotopic (exact) mass is 408 g/mol. The van der Waals surface area contributed by atoms with Crippen molar-refractivity contribution in [2.75, 3.05) is 25.0 Å². The molecular formula is C25H34N3O2+.